The Bertz CT molecular complexity index is 637. The monoisotopic (exact) mass is 350 g/mol. The summed E-state index contributed by atoms with van der Waals surface area (Å²) < 4.78 is 8.76. The Morgan fingerprint density at radius 2 is 2.24 bits per heavy atom. The van der Waals surface area contributed by atoms with Gasteiger partial charge in [0.25, 0.3) is 0 Å². The molecule has 1 heterocycles. The lowest BCUT2D eigenvalue weighted by atomic mass is 10.1. The summed E-state index contributed by atoms with van der Waals surface area (Å²) in [4.78, 5) is 0. The summed E-state index contributed by atoms with van der Waals surface area (Å²) in [7, 11) is 1.85. The van der Waals surface area contributed by atoms with E-state index < -0.39 is 0 Å². The zero-order valence-corrected chi connectivity index (χ0v) is 13.9. The van der Waals surface area contributed by atoms with Crippen LogP contribution >= 0.6 is 15.9 Å². The molecule has 3 rings (SSSR count). The highest BCUT2D eigenvalue weighted by atomic mass is 79.9. The zero-order valence-electron chi connectivity index (χ0n) is 12.3. The molecule has 0 bridgehead atoms. The molecule has 0 saturated heterocycles. The van der Waals surface area contributed by atoms with Crippen LogP contribution in [-0.4, -0.2) is 21.0 Å². The fourth-order valence-corrected chi connectivity index (χ4v) is 2.91. The van der Waals surface area contributed by atoms with E-state index in [0.717, 1.165) is 28.0 Å². The highest BCUT2D eigenvalue weighted by molar-refractivity contribution is 9.10. The first-order valence-corrected chi connectivity index (χ1v) is 7.91. The lowest BCUT2D eigenvalue weighted by Crippen LogP contribution is -2.16. The summed E-state index contributed by atoms with van der Waals surface area (Å²) in [6, 6.07) is 4.87. The van der Waals surface area contributed by atoms with Gasteiger partial charge in [-0.15, -0.1) is 5.10 Å². The minimum atomic E-state index is 0.437. The predicted molar refractivity (Wildman–Crippen MR) is 84.1 cm³/mol. The summed E-state index contributed by atoms with van der Waals surface area (Å²) >= 11 is 3.56. The Hall–Kier alpha value is -1.40. The van der Waals surface area contributed by atoms with Gasteiger partial charge in [0.2, 0.25) is 0 Å². The highest BCUT2D eigenvalue weighted by Crippen LogP contribution is 2.30. The molecule has 0 spiro atoms. The minimum Gasteiger partial charge on any atom is -0.487 e. The van der Waals surface area contributed by atoms with E-state index in [2.05, 4.69) is 50.6 Å². The molecule has 0 unspecified atom stereocenters. The van der Waals surface area contributed by atoms with Gasteiger partial charge in [-0.25, -0.2) is 0 Å². The quantitative estimate of drug-likeness (QED) is 0.870. The van der Waals surface area contributed by atoms with Crippen molar-refractivity contribution in [2.24, 2.45) is 7.05 Å². The number of nitrogens with zero attached hydrogens (tertiary/aromatic N) is 3. The van der Waals surface area contributed by atoms with Crippen LogP contribution in [0.25, 0.3) is 0 Å². The summed E-state index contributed by atoms with van der Waals surface area (Å²) in [5, 5.41) is 11.5. The van der Waals surface area contributed by atoms with E-state index in [-0.39, 0.29) is 0 Å². The molecule has 2 aromatic rings. The Morgan fingerprint density at radius 3 is 2.90 bits per heavy atom. The van der Waals surface area contributed by atoms with Gasteiger partial charge in [0.05, 0.1) is 6.20 Å². The van der Waals surface area contributed by atoms with Crippen molar-refractivity contribution >= 4 is 15.9 Å². The maximum Gasteiger partial charge on any atom is 0.134 e. The van der Waals surface area contributed by atoms with E-state index in [1.54, 1.807) is 4.68 Å². The largest absolute Gasteiger partial charge is 0.487 e. The first-order chi connectivity index (χ1) is 10.1. The molecular weight excluding hydrogens is 332 g/mol. The Balaban J connectivity index is 1.74. The van der Waals surface area contributed by atoms with Crippen molar-refractivity contribution in [3.05, 3.63) is 39.6 Å². The molecule has 5 nitrogen and oxygen atoms in total. The Kier molecular flexibility index (Phi) is 4.26. The van der Waals surface area contributed by atoms with Gasteiger partial charge >= 0.3 is 0 Å². The molecule has 1 aliphatic carbocycles. The lowest BCUT2D eigenvalue weighted by Gasteiger charge is -2.15. The topological polar surface area (TPSA) is 52.0 Å². The van der Waals surface area contributed by atoms with Crippen LogP contribution in [0.4, 0.5) is 0 Å². The maximum absolute atomic E-state index is 6.00. The molecule has 6 heteroatoms. The van der Waals surface area contributed by atoms with Crippen LogP contribution in [0.1, 0.15) is 29.7 Å². The summed E-state index contributed by atoms with van der Waals surface area (Å²) in [6.07, 6.45) is 4.43. The number of hydrogen-bond donors (Lipinski definition) is 1. The van der Waals surface area contributed by atoms with Crippen molar-refractivity contribution in [1.29, 1.82) is 0 Å². The molecule has 1 N–H and O–H groups in total. The van der Waals surface area contributed by atoms with Crippen molar-refractivity contribution in [3.63, 3.8) is 0 Å². The third-order valence-corrected chi connectivity index (χ3v) is 3.95. The van der Waals surface area contributed by atoms with Gasteiger partial charge in [0, 0.05) is 29.7 Å². The van der Waals surface area contributed by atoms with Crippen LogP contribution in [0.3, 0.4) is 0 Å². The van der Waals surface area contributed by atoms with Crippen molar-refractivity contribution in [2.45, 2.75) is 39.0 Å². The molecular formula is C15H19BrN4O. The van der Waals surface area contributed by atoms with Gasteiger partial charge in [-0.1, -0.05) is 21.1 Å². The van der Waals surface area contributed by atoms with Gasteiger partial charge in [0.15, 0.2) is 0 Å². The summed E-state index contributed by atoms with van der Waals surface area (Å²) in [5.41, 5.74) is 3.14. The number of nitrogens with one attached hydrogen (secondary N) is 1. The van der Waals surface area contributed by atoms with Crippen LogP contribution in [0.2, 0.25) is 0 Å². The second-order valence-electron chi connectivity index (χ2n) is 5.54. The van der Waals surface area contributed by atoms with E-state index in [0.29, 0.717) is 12.6 Å². The van der Waals surface area contributed by atoms with Gasteiger partial charge in [-0.2, -0.15) is 0 Å². The molecule has 1 aromatic carbocycles. The first-order valence-electron chi connectivity index (χ1n) is 7.12. The standard InChI is InChI=1S/C15H19BrN4O/c1-10-5-12(16)6-11(7-17-13-3-4-13)15(10)21-9-14-8-20(2)19-18-14/h5-6,8,13,17H,3-4,7,9H2,1-2H3. The molecule has 0 aliphatic heterocycles. The number of halogens is 1. The highest BCUT2D eigenvalue weighted by Gasteiger charge is 2.21. The molecule has 0 radical (unpaired) electrons. The number of benzene rings is 1. The van der Waals surface area contributed by atoms with Crippen LogP contribution < -0.4 is 10.1 Å². The second kappa shape index (κ2) is 6.15. The first kappa shape index (κ1) is 14.5. The number of rotatable bonds is 6. The van der Waals surface area contributed by atoms with Crippen molar-refractivity contribution in [3.8, 4) is 5.75 Å². The Morgan fingerprint density at radius 1 is 1.43 bits per heavy atom. The number of hydrogen-bond acceptors (Lipinski definition) is 4. The number of aromatic nitrogens is 3. The SMILES string of the molecule is Cc1cc(Br)cc(CNC2CC2)c1OCc1cn(C)nn1. The normalized spacial score (nSPS) is 14.4. The van der Waals surface area contributed by atoms with E-state index in [1.807, 2.05) is 13.2 Å². The summed E-state index contributed by atoms with van der Waals surface area (Å²) in [6.45, 7) is 3.34. The van der Waals surface area contributed by atoms with E-state index >= 15 is 0 Å². The molecule has 0 atom stereocenters. The molecule has 1 aliphatic rings. The Labute approximate surface area is 132 Å². The van der Waals surface area contributed by atoms with Crippen molar-refractivity contribution in [1.82, 2.24) is 20.3 Å². The number of ether oxygens (including phenoxy) is 1. The van der Waals surface area contributed by atoms with Crippen molar-refractivity contribution in [2.75, 3.05) is 0 Å². The van der Waals surface area contributed by atoms with Crippen LogP contribution in [0.15, 0.2) is 22.8 Å². The molecule has 112 valence electrons. The molecule has 1 aromatic heterocycles. The third-order valence-electron chi connectivity index (χ3n) is 3.49. The third kappa shape index (κ3) is 3.83. The predicted octanol–water partition coefficient (Wildman–Crippen LogP) is 2.72. The second-order valence-corrected chi connectivity index (χ2v) is 6.45. The number of aryl methyl sites for hydroxylation is 2. The van der Waals surface area contributed by atoms with Gasteiger partial charge in [-0.05, 0) is 37.5 Å². The minimum absolute atomic E-state index is 0.437. The zero-order chi connectivity index (χ0) is 14.8. The molecule has 1 fully saturated rings. The van der Waals surface area contributed by atoms with E-state index in [4.69, 9.17) is 4.74 Å². The summed E-state index contributed by atoms with van der Waals surface area (Å²) in [5.74, 6) is 0.942. The average Bonchev–Trinajstić information content (AvgIpc) is 3.17. The fraction of sp³-hybridized carbons (Fsp3) is 0.467. The molecule has 1 saturated carbocycles. The van der Waals surface area contributed by atoms with Gasteiger partial charge in [0.1, 0.15) is 18.1 Å². The van der Waals surface area contributed by atoms with Crippen LogP contribution in [-0.2, 0) is 20.2 Å². The van der Waals surface area contributed by atoms with Gasteiger partial charge < -0.3 is 10.1 Å². The lowest BCUT2D eigenvalue weighted by molar-refractivity contribution is 0.295. The average molecular weight is 351 g/mol. The van der Waals surface area contributed by atoms with E-state index in [9.17, 15) is 0 Å². The maximum atomic E-state index is 6.00. The van der Waals surface area contributed by atoms with Crippen molar-refractivity contribution < 1.29 is 4.74 Å². The van der Waals surface area contributed by atoms with Crippen LogP contribution in [0.5, 0.6) is 5.75 Å². The fourth-order valence-electron chi connectivity index (χ4n) is 2.29. The smallest absolute Gasteiger partial charge is 0.134 e. The molecule has 0 amide bonds. The van der Waals surface area contributed by atoms with E-state index in [1.165, 1.54) is 18.4 Å². The van der Waals surface area contributed by atoms with Crippen LogP contribution in [0, 0.1) is 6.92 Å². The molecule has 21 heavy (non-hydrogen) atoms. The van der Waals surface area contributed by atoms with Gasteiger partial charge in [-0.3, -0.25) is 4.68 Å².